The van der Waals surface area contributed by atoms with Crippen molar-refractivity contribution >= 4 is 50.7 Å². The van der Waals surface area contributed by atoms with Crippen molar-refractivity contribution in [3.8, 4) is 5.75 Å². The van der Waals surface area contributed by atoms with Crippen molar-refractivity contribution in [3.63, 3.8) is 0 Å². The molecular formula is C29H33Cl2N3O5S. The van der Waals surface area contributed by atoms with E-state index < -0.39 is 28.5 Å². The van der Waals surface area contributed by atoms with Crippen molar-refractivity contribution < 1.29 is 22.7 Å². The second-order valence-electron chi connectivity index (χ2n) is 9.10. The summed E-state index contributed by atoms with van der Waals surface area (Å²) < 4.78 is 33.8. The number of carbonyl (C=O) groups excluding carboxylic acids is 2. The molecule has 214 valence electrons. The Hall–Kier alpha value is -3.27. The SMILES string of the molecule is CCCCNC(=O)C(C)N(Cc1ccc(Cl)cc1Cl)C(=O)CN(c1ccccc1)S(=O)(=O)c1ccc(OC)cc1. The average molecular weight is 607 g/mol. The second-order valence-corrected chi connectivity index (χ2v) is 11.8. The number of nitrogens with one attached hydrogen (secondary N) is 1. The topological polar surface area (TPSA) is 96.0 Å². The summed E-state index contributed by atoms with van der Waals surface area (Å²) in [7, 11) is -2.69. The van der Waals surface area contributed by atoms with Crippen LogP contribution in [0.4, 0.5) is 5.69 Å². The number of sulfonamides is 1. The number of ether oxygens (including phenoxy) is 1. The fourth-order valence-electron chi connectivity index (χ4n) is 3.95. The molecule has 8 nitrogen and oxygen atoms in total. The number of hydrogen-bond donors (Lipinski definition) is 1. The van der Waals surface area contributed by atoms with Crippen LogP contribution < -0.4 is 14.4 Å². The molecule has 1 atom stereocenters. The Balaban J connectivity index is 1.99. The molecule has 0 heterocycles. The van der Waals surface area contributed by atoms with Gasteiger partial charge in [-0.2, -0.15) is 0 Å². The van der Waals surface area contributed by atoms with Crippen LogP contribution in [0.3, 0.4) is 0 Å². The standard InChI is InChI=1S/C29H33Cl2N3O5S/c1-4-5-17-32-29(36)21(2)33(19-22-11-12-23(30)18-27(22)31)28(35)20-34(24-9-7-6-8-10-24)40(37,38)26-15-13-25(39-3)14-16-26/h6-16,18,21H,4-5,17,19-20H2,1-3H3,(H,32,36). The maximum absolute atomic E-state index is 13.9. The first-order chi connectivity index (χ1) is 19.1. The highest BCUT2D eigenvalue weighted by atomic mass is 35.5. The first-order valence-corrected chi connectivity index (χ1v) is 15.0. The van der Waals surface area contributed by atoms with Crippen LogP contribution in [0.1, 0.15) is 32.3 Å². The molecule has 0 aromatic heterocycles. The number of methoxy groups -OCH3 is 1. The third-order valence-corrected chi connectivity index (χ3v) is 8.70. The zero-order chi connectivity index (χ0) is 29.3. The lowest BCUT2D eigenvalue weighted by atomic mass is 10.1. The molecule has 3 rings (SSSR count). The van der Waals surface area contributed by atoms with E-state index in [2.05, 4.69) is 5.32 Å². The van der Waals surface area contributed by atoms with Gasteiger partial charge in [0.25, 0.3) is 10.0 Å². The number of amides is 2. The lowest BCUT2D eigenvalue weighted by molar-refractivity contribution is -0.139. The summed E-state index contributed by atoms with van der Waals surface area (Å²) in [5.41, 5.74) is 0.869. The molecule has 11 heteroatoms. The lowest BCUT2D eigenvalue weighted by Gasteiger charge is -2.32. The average Bonchev–Trinajstić information content (AvgIpc) is 2.95. The van der Waals surface area contributed by atoms with Gasteiger partial charge in [-0.25, -0.2) is 8.42 Å². The maximum atomic E-state index is 13.9. The van der Waals surface area contributed by atoms with Crippen LogP contribution in [-0.2, 0) is 26.2 Å². The Kier molecular flexibility index (Phi) is 11.2. The van der Waals surface area contributed by atoms with Crippen molar-refractivity contribution in [2.75, 3.05) is 24.5 Å². The molecule has 0 aliphatic heterocycles. The summed E-state index contributed by atoms with van der Waals surface area (Å²) in [5.74, 6) is -0.434. The van der Waals surface area contributed by atoms with Gasteiger partial charge in [-0.1, -0.05) is 60.8 Å². The third kappa shape index (κ3) is 7.90. The van der Waals surface area contributed by atoms with Crippen molar-refractivity contribution in [1.82, 2.24) is 10.2 Å². The Labute approximate surface area is 245 Å². The van der Waals surface area contributed by atoms with Gasteiger partial charge >= 0.3 is 0 Å². The Morgan fingerprint density at radius 1 is 1.00 bits per heavy atom. The molecule has 0 spiro atoms. The molecule has 3 aromatic carbocycles. The number of halogens is 2. The lowest BCUT2D eigenvalue weighted by Crippen LogP contribution is -2.51. The van der Waals surface area contributed by atoms with Gasteiger partial charge in [-0.3, -0.25) is 13.9 Å². The molecule has 0 aliphatic rings. The second kappa shape index (κ2) is 14.4. The van der Waals surface area contributed by atoms with Gasteiger partial charge in [0.15, 0.2) is 0 Å². The molecule has 0 aliphatic carbocycles. The minimum absolute atomic E-state index is 0.0115. The number of carbonyl (C=O) groups is 2. The molecule has 40 heavy (non-hydrogen) atoms. The Morgan fingerprint density at radius 2 is 1.68 bits per heavy atom. The van der Waals surface area contributed by atoms with Crippen molar-refractivity contribution in [1.29, 1.82) is 0 Å². The van der Waals surface area contributed by atoms with Crippen LogP contribution in [0.2, 0.25) is 10.0 Å². The molecule has 1 unspecified atom stereocenters. The number of nitrogens with zero attached hydrogens (tertiary/aromatic N) is 2. The van der Waals surface area contributed by atoms with Crippen LogP contribution in [0.5, 0.6) is 5.75 Å². The monoisotopic (exact) mass is 605 g/mol. The van der Waals surface area contributed by atoms with Gasteiger partial charge in [-0.05, 0) is 67.4 Å². The van der Waals surface area contributed by atoms with E-state index in [9.17, 15) is 18.0 Å². The van der Waals surface area contributed by atoms with E-state index >= 15 is 0 Å². The summed E-state index contributed by atoms with van der Waals surface area (Å²) in [6.07, 6.45) is 1.68. The normalized spacial score (nSPS) is 11.9. The maximum Gasteiger partial charge on any atom is 0.264 e. The van der Waals surface area contributed by atoms with Crippen LogP contribution in [0, 0.1) is 0 Å². The molecule has 0 saturated heterocycles. The van der Waals surface area contributed by atoms with Gasteiger partial charge in [0.2, 0.25) is 11.8 Å². The van der Waals surface area contributed by atoms with Crippen molar-refractivity contribution in [3.05, 3.63) is 88.4 Å². The van der Waals surface area contributed by atoms with E-state index in [1.165, 1.54) is 36.3 Å². The number of benzene rings is 3. The van der Waals surface area contributed by atoms with Gasteiger partial charge in [0, 0.05) is 23.1 Å². The summed E-state index contributed by atoms with van der Waals surface area (Å²) in [4.78, 5) is 28.3. The minimum Gasteiger partial charge on any atom is -0.497 e. The largest absolute Gasteiger partial charge is 0.497 e. The van der Waals surface area contributed by atoms with E-state index in [0.29, 0.717) is 33.6 Å². The van der Waals surface area contributed by atoms with Crippen LogP contribution in [-0.4, -0.2) is 51.4 Å². The smallest absolute Gasteiger partial charge is 0.264 e. The van der Waals surface area contributed by atoms with Gasteiger partial charge in [-0.15, -0.1) is 0 Å². The molecule has 3 aromatic rings. The first-order valence-electron chi connectivity index (χ1n) is 12.8. The summed E-state index contributed by atoms with van der Waals surface area (Å²) in [6.45, 7) is 3.51. The fourth-order valence-corrected chi connectivity index (χ4v) is 5.83. The van der Waals surface area contributed by atoms with Crippen LogP contribution in [0.25, 0.3) is 0 Å². The van der Waals surface area contributed by atoms with Crippen molar-refractivity contribution in [2.45, 2.75) is 44.2 Å². The highest BCUT2D eigenvalue weighted by Gasteiger charge is 2.32. The van der Waals surface area contributed by atoms with E-state index in [1.54, 1.807) is 55.5 Å². The summed E-state index contributed by atoms with van der Waals surface area (Å²) in [5, 5.41) is 3.61. The van der Waals surface area contributed by atoms with Crippen LogP contribution in [0.15, 0.2) is 77.7 Å². The first kappa shape index (κ1) is 31.3. The van der Waals surface area contributed by atoms with Gasteiger partial charge in [0.05, 0.1) is 17.7 Å². The molecular weight excluding hydrogens is 573 g/mol. The molecule has 1 N–H and O–H groups in total. The summed E-state index contributed by atoms with van der Waals surface area (Å²) >= 11 is 12.5. The molecule has 0 fully saturated rings. The fraction of sp³-hybridized carbons (Fsp3) is 0.310. The molecule has 0 radical (unpaired) electrons. The quantitative estimate of drug-likeness (QED) is 0.258. The number of hydrogen-bond acceptors (Lipinski definition) is 5. The van der Waals surface area contributed by atoms with Crippen molar-refractivity contribution in [2.24, 2.45) is 0 Å². The third-order valence-electron chi connectivity index (χ3n) is 6.32. The molecule has 0 bridgehead atoms. The number of rotatable bonds is 13. The Bertz CT molecular complexity index is 1400. The number of unbranched alkanes of at least 4 members (excludes halogenated alkanes) is 1. The van der Waals surface area contributed by atoms with Gasteiger partial charge < -0.3 is 15.0 Å². The highest BCUT2D eigenvalue weighted by molar-refractivity contribution is 7.92. The predicted molar refractivity (Wildman–Crippen MR) is 158 cm³/mol. The van der Waals surface area contributed by atoms with E-state index in [0.717, 1.165) is 17.1 Å². The van der Waals surface area contributed by atoms with E-state index in [1.807, 2.05) is 6.92 Å². The van der Waals surface area contributed by atoms with E-state index in [4.69, 9.17) is 27.9 Å². The predicted octanol–water partition coefficient (Wildman–Crippen LogP) is 5.53. The van der Waals surface area contributed by atoms with Gasteiger partial charge in [0.1, 0.15) is 18.3 Å². The molecule has 2 amide bonds. The zero-order valence-electron chi connectivity index (χ0n) is 22.6. The number of anilines is 1. The highest BCUT2D eigenvalue weighted by Crippen LogP contribution is 2.27. The van der Waals surface area contributed by atoms with Crippen LogP contribution >= 0.6 is 23.2 Å². The van der Waals surface area contributed by atoms with E-state index in [-0.39, 0.29) is 17.3 Å². The molecule has 0 saturated carbocycles. The minimum atomic E-state index is -4.17. The summed E-state index contributed by atoms with van der Waals surface area (Å²) in [6, 6.07) is 18.2. The zero-order valence-corrected chi connectivity index (χ0v) is 25.0. The Morgan fingerprint density at radius 3 is 2.27 bits per heavy atom. The number of para-hydroxylation sites is 1.